The van der Waals surface area contributed by atoms with Gasteiger partial charge >= 0.3 is 5.97 Å². The number of aliphatic hydroxyl groups is 1. The molecule has 0 bridgehead atoms. The van der Waals surface area contributed by atoms with E-state index in [2.05, 4.69) is 0 Å². The molecule has 4 rings (SSSR count). The Labute approximate surface area is 218 Å². The highest BCUT2D eigenvalue weighted by Gasteiger charge is 2.48. The second-order valence-electron chi connectivity index (χ2n) is 8.76. The predicted molar refractivity (Wildman–Crippen MR) is 140 cm³/mol. The van der Waals surface area contributed by atoms with Crippen LogP contribution in [-0.2, 0) is 14.3 Å². The molecule has 192 valence electrons. The highest BCUT2D eigenvalue weighted by atomic mass is 32.1. The fourth-order valence-corrected chi connectivity index (χ4v) is 4.94. The SMILES string of the molecule is COc1cccc(OC)c1/C(O)=C1\C(=O)C(=O)N(c2ccc(C(=O)OCC(C)C)cc2)C1c1cccs1. The maximum absolute atomic E-state index is 13.4. The van der Waals surface area contributed by atoms with Crippen LogP contribution in [0.5, 0.6) is 11.5 Å². The third-order valence-electron chi connectivity index (χ3n) is 5.85. The van der Waals surface area contributed by atoms with Crippen molar-refractivity contribution in [1.29, 1.82) is 0 Å². The van der Waals surface area contributed by atoms with E-state index >= 15 is 0 Å². The largest absolute Gasteiger partial charge is 0.506 e. The number of hydrogen-bond donors (Lipinski definition) is 1. The van der Waals surface area contributed by atoms with Gasteiger partial charge in [-0.15, -0.1) is 11.3 Å². The van der Waals surface area contributed by atoms with Gasteiger partial charge in [0.15, 0.2) is 0 Å². The van der Waals surface area contributed by atoms with E-state index in [0.717, 1.165) is 0 Å². The standard InChI is InChI=1S/C28H27NO7S/c1-16(2)15-36-28(33)17-10-12-18(13-11-17)29-24(21-9-6-14-37-21)23(26(31)27(29)32)25(30)22-19(34-3)7-5-8-20(22)35-4/h5-14,16,24,30H,15H2,1-4H3/b25-23+. The number of thiophene rings is 1. The Kier molecular flexibility index (Phi) is 7.63. The molecule has 8 nitrogen and oxygen atoms in total. The minimum Gasteiger partial charge on any atom is -0.506 e. The van der Waals surface area contributed by atoms with Crippen LogP contribution >= 0.6 is 11.3 Å². The van der Waals surface area contributed by atoms with Gasteiger partial charge in [-0.2, -0.15) is 0 Å². The Morgan fingerprint density at radius 3 is 2.19 bits per heavy atom. The molecule has 0 radical (unpaired) electrons. The zero-order chi connectivity index (χ0) is 26.7. The number of benzene rings is 2. The first kappa shape index (κ1) is 26.0. The number of carbonyl (C=O) groups is 3. The number of ketones is 1. The number of Topliss-reactive ketones (excluding diaryl/α,β-unsaturated/α-hetero) is 1. The summed E-state index contributed by atoms with van der Waals surface area (Å²) in [5.41, 5.74) is 0.811. The Hall–Kier alpha value is -4.11. The highest BCUT2D eigenvalue weighted by molar-refractivity contribution is 7.10. The van der Waals surface area contributed by atoms with Crippen LogP contribution in [0.4, 0.5) is 5.69 Å². The Morgan fingerprint density at radius 2 is 1.65 bits per heavy atom. The van der Waals surface area contributed by atoms with Crippen molar-refractivity contribution in [1.82, 2.24) is 0 Å². The molecule has 0 spiro atoms. The van der Waals surface area contributed by atoms with Gasteiger partial charge in [0.25, 0.3) is 11.7 Å². The van der Waals surface area contributed by atoms with E-state index in [0.29, 0.717) is 22.7 Å². The first-order chi connectivity index (χ1) is 17.8. The molecule has 1 aliphatic heterocycles. The van der Waals surface area contributed by atoms with Crippen molar-refractivity contribution in [3.05, 3.63) is 81.6 Å². The molecular weight excluding hydrogens is 494 g/mol. The molecule has 37 heavy (non-hydrogen) atoms. The van der Waals surface area contributed by atoms with E-state index in [-0.39, 0.29) is 28.6 Å². The number of amides is 1. The first-order valence-electron chi connectivity index (χ1n) is 11.6. The second kappa shape index (κ2) is 10.9. The normalized spacial score (nSPS) is 16.8. The molecule has 3 aromatic rings. The molecule has 0 aliphatic carbocycles. The van der Waals surface area contributed by atoms with Gasteiger partial charge in [-0.05, 0) is 53.8 Å². The van der Waals surface area contributed by atoms with Crippen LogP contribution in [0.15, 0.2) is 65.6 Å². The topological polar surface area (TPSA) is 102 Å². The molecule has 1 N–H and O–H groups in total. The maximum Gasteiger partial charge on any atom is 0.338 e. The van der Waals surface area contributed by atoms with E-state index < -0.39 is 29.5 Å². The molecule has 2 aromatic carbocycles. The van der Waals surface area contributed by atoms with Crippen molar-refractivity contribution in [2.75, 3.05) is 25.7 Å². The molecule has 1 unspecified atom stereocenters. The number of anilines is 1. The minimum atomic E-state index is -0.895. The van der Waals surface area contributed by atoms with Gasteiger partial charge in [0.2, 0.25) is 0 Å². The number of aliphatic hydroxyl groups excluding tert-OH is 1. The minimum absolute atomic E-state index is 0.0873. The van der Waals surface area contributed by atoms with E-state index in [4.69, 9.17) is 14.2 Å². The van der Waals surface area contributed by atoms with Crippen LogP contribution in [0.25, 0.3) is 5.76 Å². The quantitative estimate of drug-likeness (QED) is 0.188. The maximum atomic E-state index is 13.4. The van der Waals surface area contributed by atoms with Gasteiger partial charge in [-0.1, -0.05) is 26.0 Å². The lowest BCUT2D eigenvalue weighted by atomic mass is 9.98. The van der Waals surface area contributed by atoms with E-state index in [1.807, 2.05) is 19.2 Å². The number of nitrogens with zero attached hydrogens (tertiary/aromatic N) is 1. The second-order valence-corrected chi connectivity index (χ2v) is 9.74. The molecule has 2 heterocycles. The summed E-state index contributed by atoms with van der Waals surface area (Å²) >= 11 is 1.35. The first-order valence-corrected chi connectivity index (χ1v) is 12.5. The molecule has 9 heteroatoms. The summed E-state index contributed by atoms with van der Waals surface area (Å²) in [6.45, 7) is 4.18. The van der Waals surface area contributed by atoms with Crippen molar-refractivity contribution in [3.63, 3.8) is 0 Å². The number of esters is 1. The summed E-state index contributed by atoms with van der Waals surface area (Å²) in [4.78, 5) is 41.1. The molecule has 1 aromatic heterocycles. The summed E-state index contributed by atoms with van der Waals surface area (Å²) in [5.74, 6) is -1.74. The average molecular weight is 522 g/mol. The molecule has 1 amide bonds. The van der Waals surface area contributed by atoms with Crippen LogP contribution in [0.1, 0.15) is 40.7 Å². The zero-order valence-electron chi connectivity index (χ0n) is 20.9. The Morgan fingerprint density at radius 1 is 1.00 bits per heavy atom. The Bertz CT molecular complexity index is 1320. The van der Waals surface area contributed by atoms with Crippen LogP contribution in [-0.4, -0.2) is 43.6 Å². The molecule has 1 saturated heterocycles. The van der Waals surface area contributed by atoms with Crippen molar-refractivity contribution in [2.45, 2.75) is 19.9 Å². The molecule has 1 aliphatic rings. The molecule has 1 atom stereocenters. The van der Waals surface area contributed by atoms with Gasteiger partial charge in [0.1, 0.15) is 28.9 Å². The van der Waals surface area contributed by atoms with Gasteiger partial charge in [-0.25, -0.2) is 4.79 Å². The highest BCUT2D eigenvalue weighted by Crippen LogP contribution is 2.46. The number of methoxy groups -OCH3 is 2. The lowest BCUT2D eigenvalue weighted by Crippen LogP contribution is -2.29. The third-order valence-corrected chi connectivity index (χ3v) is 6.78. The Balaban J connectivity index is 1.82. The van der Waals surface area contributed by atoms with E-state index in [9.17, 15) is 19.5 Å². The fraction of sp³-hybridized carbons (Fsp3) is 0.250. The van der Waals surface area contributed by atoms with Gasteiger partial charge in [0, 0.05) is 10.6 Å². The van der Waals surface area contributed by atoms with Crippen LogP contribution in [0.2, 0.25) is 0 Å². The van der Waals surface area contributed by atoms with Crippen molar-refractivity contribution in [3.8, 4) is 11.5 Å². The number of rotatable bonds is 8. The summed E-state index contributed by atoms with van der Waals surface area (Å²) in [5, 5.41) is 13.3. The summed E-state index contributed by atoms with van der Waals surface area (Å²) in [6, 6.07) is 13.9. The zero-order valence-corrected chi connectivity index (χ0v) is 21.7. The number of ether oxygens (including phenoxy) is 3. The van der Waals surface area contributed by atoms with E-state index in [1.165, 1.54) is 30.5 Å². The predicted octanol–water partition coefficient (Wildman–Crippen LogP) is 5.20. The summed E-state index contributed by atoms with van der Waals surface area (Å²) in [7, 11) is 2.88. The summed E-state index contributed by atoms with van der Waals surface area (Å²) < 4.78 is 16.1. The monoisotopic (exact) mass is 521 g/mol. The van der Waals surface area contributed by atoms with Crippen molar-refractivity contribution in [2.24, 2.45) is 5.92 Å². The smallest absolute Gasteiger partial charge is 0.338 e. The lowest BCUT2D eigenvalue weighted by molar-refractivity contribution is -0.132. The van der Waals surface area contributed by atoms with Gasteiger partial charge < -0.3 is 19.3 Å². The average Bonchev–Trinajstić information content (AvgIpc) is 3.53. The lowest BCUT2D eigenvalue weighted by Gasteiger charge is -2.24. The fourth-order valence-electron chi connectivity index (χ4n) is 4.12. The van der Waals surface area contributed by atoms with Gasteiger partial charge in [-0.3, -0.25) is 14.5 Å². The molecule has 0 saturated carbocycles. The number of hydrogen-bond acceptors (Lipinski definition) is 8. The third kappa shape index (κ3) is 4.95. The van der Waals surface area contributed by atoms with Crippen molar-refractivity contribution >= 4 is 40.4 Å². The van der Waals surface area contributed by atoms with Crippen LogP contribution in [0.3, 0.4) is 0 Å². The van der Waals surface area contributed by atoms with E-state index in [1.54, 1.807) is 54.6 Å². The van der Waals surface area contributed by atoms with Crippen molar-refractivity contribution < 1.29 is 33.7 Å². The number of carbonyl (C=O) groups excluding carboxylic acids is 3. The van der Waals surface area contributed by atoms with Crippen LogP contribution in [0, 0.1) is 5.92 Å². The van der Waals surface area contributed by atoms with Crippen LogP contribution < -0.4 is 14.4 Å². The van der Waals surface area contributed by atoms with Gasteiger partial charge in [0.05, 0.1) is 32.0 Å². The molecule has 1 fully saturated rings. The summed E-state index contributed by atoms with van der Waals surface area (Å²) in [6.07, 6.45) is 0. The molecular formula is C28H27NO7S.